The van der Waals surface area contributed by atoms with Gasteiger partial charge in [0.05, 0.1) is 25.7 Å². The summed E-state index contributed by atoms with van der Waals surface area (Å²) < 4.78 is 39.7. The predicted octanol–water partition coefficient (Wildman–Crippen LogP) is 2.96. The third kappa shape index (κ3) is 4.71. The number of aryl methyl sites for hydroxylation is 1. The number of hydrogen-bond acceptors (Lipinski definition) is 5. The Morgan fingerprint density at radius 3 is 2.00 bits per heavy atom. The second-order valence-electron chi connectivity index (χ2n) is 5.06. The SMILES string of the molecule is COc1cc(CCOS(=O)(=O)c2ccc(C)cc2)cc(OC)c1. The molecule has 2 rings (SSSR count). The first kappa shape index (κ1) is 17.3. The van der Waals surface area contributed by atoms with E-state index in [2.05, 4.69) is 0 Å². The normalized spacial score (nSPS) is 11.3. The number of ether oxygens (including phenoxy) is 2. The van der Waals surface area contributed by atoms with Gasteiger partial charge in [-0.05, 0) is 43.2 Å². The van der Waals surface area contributed by atoms with Crippen LogP contribution >= 0.6 is 0 Å². The molecule has 0 aromatic heterocycles. The van der Waals surface area contributed by atoms with Gasteiger partial charge in [0.1, 0.15) is 11.5 Å². The molecule has 0 heterocycles. The molecule has 0 aliphatic carbocycles. The van der Waals surface area contributed by atoms with Crippen molar-refractivity contribution in [3.8, 4) is 11.5 Å². The van der Waals surface area contributed by atoms with Gasteiger partial charge in [-0.15, -0.1) is 0 Å². The summed E-state index contributed by atoms with van der Waals surface area (Å²) in [6, 6.07) is 12.0. The molecule has 23 heavy (non-hydrogen) atoms. The molecule has 6 heteroatoms. The molecule has 0 atom stereocenters. The molecule has 0 aliphatic rings. The van der Waals surface area contributed by atoms with Gasteiger partial charge in [0.25, 0.3) is 10.1 Å². The first-order valence-corrected chi connectivity index (χ1v) is 8.53. The number of methoxy groups -OCH3 is 2. The van der Waals surface area contributed by atoms with Gasteiger partial charge in [-0.25, -0.2) is 0 Å². The van der Waals surface area contributed by atoms with Crippen molar-refractivity contribution in [3.63, 3.8) is 0 Å². The third-order valence-corrected chi connectivity index (χ3v) is 4.68. The molecule has 0 radical (unpaired) electrons. The average molecular weight is 336 g/mol. The lowest BCUT2D eigenvalue weighted by molar-refractivity contribution is 0.321. The summed E-state index contributed by atoms with van der Waals surface area (Å²) in [4.78, 5) is 0.159. The van der Waals surface area contributed by atoms with Crippen molar-refractivity contribution in [2.24, 2.45) is 0 Å². The van der Waals surface area contributed by atoms with Gasteiger partial charge in [-0.3, -0.25) is 4.18 Å². The van der Waals surface area contributed by atoms with E-state index in [1.54, 1.807) is 44.6 Å². The Balaban J connectivity index is 2.03. The smallest absolute Gasteiger partial charge is 0.296 e. The van der Waals surface area contributed by atoms with Crippen molar-refractivity contribution in [2.75, 3.05) is 20.8 Å². The summed E-state index contributed by atoms with van der Waals surface area (Å²) in [6.45, 7) is 1.94. The van der Waals surface area contributed by atoms with Crippen LogP contribution < -0.4 is 9.47 Å². The first-order chi connectivity index (χ1) is 10.9. The van der Waals surface area contributed by atoms with Crippen LogP contribution in [-0.2, 0) is 20.7 Å². The van der Waals surface area contributed by atoms with Gasteiger partial charge in [0.15, 0.2) is 0 Å². The number of hydrogen-bond donors (Lipinski definition) is 0. The van der Waals surface area contributed by atoms with E-state index in [0.29, 0.717) is 17.9 Å². The maximum atomic E-state index is 12.1. The molecule has 0 saturated carbocycles. The van der Waals surface area contributed by atoms with E-state index in [-0.39, 0.29) is 11.5 Å². The standard InChI is InChI=1S/C17H20O5S/c1-13-4-6-17(7-5-13)23(18,19)22-9-8-14-10-15(20-2)12-16(11-14)21-3/h4-7,10-12H,8-9H2,1-3H3. The summed E-state index contributed by atoms with van der Waals surface area (Å²) in [5.41, 5.74) is 1.87. The Morgan fingerprint density at radius 1 is 0.913 bits per heavy atom. The molecular formula is C17H20O5S. The lowest BCUT2D eigenvalue weighted by atomic mass is 10.1. The zero-order chi connectivity index (χ0) is 16.9. The van der Waals surface area contributed by atoms with Crippen LogP contribution in [0.25, 0.3) is 0 Å². The van der Waals surface area contributed by atoms with Crippen LogP contribution in [0.2, 0.25) is 0 Å². The Hall–Kier alpha value is -2.05. The quantitative estimate of drug-likeness (QED) is 0.728. The highest BCUT2D eigenvalue weighted by Crippen LogP contribution is 2.23. The zero-order valence-electron chi connectivity index (χ0n) is 13.4. The minimum Gasteiger partial charge on any atom is -0.497 e. The minimum atomic E-state index is -3.74. The van der Waals surface area contributed by atoms with E-state index in [1.807, 2.05) is 19.1 Å². The van der Waals surface area contributed by atoms with Crippen LogP contribution in [0.3, 0.4) is 0 Å². The maximum absolute atomic E-state index is 12.1. The molecule has 0 amide bonds. The topological polar surface area (TPSA) is 61.8 Å². The highest BCUT2D eigenvalue weighted by molar-refractivity contribution is 7.86. The van der Waals surface area contributed by atoms with Crippen LogP contribution in [0.5, 0.6) is 11.5 Å². The number of rotatable bonds is 7. The van der Waals surface area contributed by atoms with E-state index in [9.17, 15) is 8.42 Å². The van der Waals surface area contributed by atoms with Crippen LogP contribution in [0.1, 0.15) is 11.1 Å². The van der Waals surface area contributed by atoms with E-state index in [4.69, 9.17) is 13.7 Å². The Kier molecular flexibility index (Phi) is 5.63. The monoisotopic (exact) mass is 336 g/mol. The van der Waals surface area contributed by atoms with Gasteiger partial charge in [-0.1, -0.05) is 17.7 Å². The second kappa shape index (κ2) is 7.48. The van der Waals surface area contributed by atoms with E-state index < -0.39 is 10.1 Å². The fraction of sp³-hybridized carbons (Fsp3) is 0.294. The highest BCUT2D eigenvalue weighted by atomic mass is 32.2. The summed E-state index contributed by atoms with van der Waals surface area (Å²) in [7, 11) is -0.608. The molecule has 0 unspecified atom stereocenters. The van der Waals surface area contributed by atoms with Gasteiger partial charge in [-0.2, -0.15) is 8.42 Å². The predicted molar refractivity (Wildman–Crippen MR) is 87.6 cm³/mol. The molecule has 5 nitrogen and oxygen atoms in total. The molecule has 0 fully saturated rings. The molecule has 0 saturated heterocycles. The molecule has 2 aromatic rings. The van der Waals surface area contributed by atoms with Crippen molar-refractivity contribution < 1.29 is 22.1 Å². The van der Waals surface area contributed by atoms with Crippen molar-refractivity contribution in [3.05, 3.63) is 53.6 Å². The van der Waals surface area contributed by atoms with Crippen LogP contribution in [-0.4, -0.2) is 29.2 Å². The van der Waals surface area contributed by atoms with Crippen molar-refractivity contribution >= 4 is 10.1 Å². The molecule has 2 aromatic carbocycles. The largest absolute Gasteiger partial charge is 0.497 e. The molecule has 0 bridgehead atoms. The highest BCUT2D eigenvalue weighted by Gasteiger charge is 2.14. The van der Waals surface area contributed by atoms with Gasteiger partial charge in [0.2, 0.25) is 0 Å². The first-order valence-electron chi connectivity index (χ1n) is 7.12. The number of benzene rings is 2. The van der Waals surface area contributed by atoms with Crippen LogP contribution in [0.15, 0.2) is 47.4 Å². The van der Waals surface area contributed by atoms with E-state index in [1.165, 1.54) is 0 Å². The average Bonchev–Trinajstić information content (AvgIpc) is 2.54. The minimum absolute atomic E-state index is 0.0481. The van der Waals surface area contributed by atoms with E-state index in [0.717, 1.165) is 11.1 Å². The van der Waals surface area contributed by atoms with Crippen molar-refractivity contribution in [1.82, 2.24) is 0 Å². The molecule has 0 N–H and O–H groups in total. The maximum Gasteiger partial charge on any atom is 0.296 e. The zero-order valence-corrected chi connectivity index (χ0v) is 14.2. The third-order valence-electron chi connectivity index (χ3n) is 3.35. The summed E-state index contributed by atoms with van der Waals surface area (Å²) in [5.74, 6) is 1.31. The summed E-state index contributed by atoms with van der Waals surface area (Å²) in [6.07, 6.45) is 0.429. The van der Waals surface area contributed by atoms with Crippen LogP contribution in [0.4, 0.5) is 0 Å². The fourth-order valence-electron chi connectivity index (χ4n) is 2.05. The van der Waals surface area contributed by atoms with Crippen LogP contribution in [0, 0.1) is 6.92 Å². The van der Waals surface area contributed by atoms with Crippen molar-refractivity contribution in [1.29, 1.82) is 0 Å². The molecular weight excluding hydrogens is 316 g/mol. The molecule has 0 spiro atoms. The summed E-state index contributed by atoms with van der Waals surface area (Å²) >= 11 is 0. The Labute approximate surface area is 136 Å². The summed E-state index contributed by atoms with van der Waals surface area (Å²) in [5, 5.41) is 0. The molecule has 0 aliphatic heterocycles. The van der Waals surface area contributed by atoms with Gasteiger partial charge < -0.3 is 9.47 Å². The Morgan fingerprint density at radius 2 is 1.48 bits per heavy atom. The lowest BCUT2D eigenvalue weighted by Crippen LogP contribution is -2.09. The van der Waals surface area contributed by atoms with Gasteiger partial charge in [0, 0.05) is 6.07 Å². The second-order valence-corrected chi connectivity index (χ2v) is 6.68. The van der Waals surface area contributed by atoms with Crippen molar-refractivity contribution in [2.45, 2.75) is 18.2 Å². The van der Waals surface area contributed by atoms with E-state index >= 15 is 0 Å². The Bertz CT molecular complexity index is 729. The lowest BCUT2D eigenvalue weighted by Gasteiger charge is -2.09. The molecule has 124 valence electrons. The van der Waals surface area contributed by atoms with Gasteiger partial charge >= 0.3 is 0 Å². The fourth-order valence-corrected chi connectivity index (χ4v) is 2.96.